The van der Waals surface area contributed by atoms with Gasteiger partial charge in [0.25, 0.3) is 5.91 Å². The lowest BCUT2D eigenvalue weighted by atomic mass is 10.2. The molecule has 20 heavy (non-hydrogen) atoms. The third-order valence-electron chi connectivity index (χ3n) is 2.58. The molecular formula is C14H13Cl2N3O. The summed E-state index contributed by atoms with van der Waals surface area (Å²) in [5, 5.41) is 3.47. The second kappa shape index (κ2) is 6.20. The first-order valence-electron chi connectivity index (χ1n) is 6.06. The van der Waals surface area contributed by atoms with Crippen LogP contribution in [-0.2, 0) is 0 Å². The number of nitrogens with zero attached hydrogens (tertiary/aromatic N) is 2. The molecule has 0 aliphatic heterocycles. The van der Waals surface area contributed by atoms with Crippen LogP contribution in [0.1, 0.15) is 36.1 Å². The summed E-state index contributed by atoms with van der Waals surface area (Å²) < 4.78 is 0. The first-order valence-corrected chi connectivity index (χ1v) is 6.82. The Balaban J connectivity index is 2.27. The first kappa shape index (κ1) is 14.8. The molecule has 1 aromatic heterocycles. The zero-order valence-corrected chi connectivity index (χ0v) is 12.5. The largest absolute Gasteiger partial charge is 0.321 e. The molecule has 1 heterocycles. The number of carbonyl (C=O) groups is 1. The minimum Gasteiger partial charge on any atom is -0.321 e. The van der Waals surface area contributed by atoms with Gasteiger partial charge >= 0.3 is 0 Å². The van der Waals surface area contributed by atoms with E-state index < -0.39 is 0 Å². The van der Waals surface area contributed by atoms with E-state index in [2.05, 4.69) is 15.3 Å². The van der Waals surface area contributed by atoms with Crippen LogP contribution in [-0.4, -0.2) is 15.9 Å². The Morgan fingerprint density at radius 3 is 2.70 bits per heavy atom. The van der Waals surface area contributed by atoms with Crippen LogP contribution >= 0.6 is 23.2 Å². The average Bonchev–Trinajstić information content (AvgIpc) is 2.38. The predicted octanol–water partition coefficient (Wildman–Crippen LogP) is 4.16. The zero-order valence-electron chi connectivity index (χ0n) is 11.0. The van der Waals surface area contributed by atoms with E-state index in [1.54, 1.807) is 24.3 Å². The van der Waals surface area contributed by atoms with Crippen LogP contribution in [0.3, 0.4) is 0 Å². The maximum absolute atomic E-state index is 12.2. The molecule has 0 spiro atoms. The number of rotatable bonds is 3. The van der Waals surface area contributed by atoms with Crippen molar-refractivity contribution in [3.05, 3.63) is 52.0 Å². The van der Waals surface area contributed by atoms with Crippen molar-refractivity contribution in [2.24, 2.45) is 0 Å². The van der Waals surface area contributed by atoms with Crippen molar-refractivity contribution in [2.45, 2.75) is 19.8 Å². The molecule has 1 amide bonds. The number of hydrogen-bond donors (Lipinski definition) is 1. The fraction of sp³-hybridized carbons (Fsp3) is 0.214. The highest BCUT2D eigenvalue weighted by molar-refractivity contribution is 6.34. The molecule has 0 bridgehead atoms. The molecular weight excluding hydrogens is 297 g/mol. The van der Waals surface area contributed by atoms with Gasteiger partial charge in [0.05, 0.1) is 11.2 Å². The normalized spacial score (nSPS) is 10.7. The Morgan fingerprint density at radius 2 is 2.05 bits per heavy atom. The quantitative estimate of drug-likeness (QED) is 0.926. The Kier molecular flexibility index (Phi) is 4.57. The van der Waals surface area contributed by atoms with Crippen molar-refractivity contribution < 1.29 is 4.79 Å². The van der Waals surface area contributed by atoms with Crippen LogP contribution in [0.15, 0.2) is 30.5 Å². The van der Waals surface area contributed by atoms with Crippen LogP contribution in [0, 0.1) is 0 Å². The fourth-order valence-electron chi connectivity index (χ4n) is 1.57. The molecule has 2 aromatic rings. The maximum Gasteiger partial charge on any atom is 0.275 e. The van der Waals surface area contributed by atoms with Crippen molar-refractivity contribution in [2.75, 3.05) is 5.32 Å². The molecule has 1 aromatic carbocycles. The van der Waals surface area contributed by atoms with Crippen molar-refractivity contribution in [1.82, 2.24) is 9.97 Å². The minimum atomic E-state index is -0.387. The Bertz CT molecular complexity index is 644. The molecule has 4 nitrogen and oxygen atoms in total. The third-order valence-corrected chi connectivity index (χ3v) is 3.09. The highest BCUT2D eigenvalue weighted by Crippen LogP contribution is 2.19. The van der Waals surface area contributed by atoms with E-state index in [9.17, 15) is 4.79 Å². The molecule has 0 unspecified atom stereocenters. The monoisotopic (exact) mass is 309 g/mol. The van der Waals surface area contributed by atoms with Crippen LogP contribution in [0.25, 0.3) is 0 Å². The van der Waals surface area contributed by atoms with Crippen LogP contribution in [0.2, 0.25) is 10.0 Å². The van der Waals surface area contributed by atoms with Gasteiger partial charge in [-0.1, -0.05) is 43.1 Å². The van der Waals surface area contributed by atoms with Gasteiger partial charge in [-0.2, -0.15) is 0 Å². The summed E-state index contributed by atoms with van der Waals surface area (Å²) in [7, 11) is 0. The van der Waals surface area contributed by atoms with E-state index in [0.717, 1.165) is 0 Å². The number of anilines is 1. The Hall–Kier alpha value is -1.65. The van der Waals surface area contributed by atoms with E-state index in [4.69, 9.17) is 23.2 Å². The van der Waals surface area contributed by atoms with E-state index in [-0.39, 0.29) is 22.5 Å². The second-order valence-electron chi connectivity index (χ2n) is 4.54. The first-order chi connectivity index (χ1) is 9.47. The summed E-state index contributed by atoms with van der Waals surface area (Å²) in [6, 6.07) is 6.87. The van der Waals surface area contributed by atoms with Crippen molar-refractivity contribution in [3.8, 4) is 0 Å². The van der Waals surface area contributed by atoms with E-state index in [0.29, 0.717) is 16.5 Å². The lowest BCUT2D eigenvalue weighted by Gasteiger charge is -2.09. The SMILES string of the molecule is CC(C)c1ncc(Cl)c(C(=O)Nc2cccc(Cl)c2)n1. The standard InChI is InChI=1S/C14H13Cl2N3O/c1-8(2)13-17-7-11(16)12(19-13)14(20)18-10-5-3-4-9(15)6-10/h3-8H,1-2H3,(H,18,20). The van der Waals surface area contributed by atoms with Gasteiger partial charge in [-0.15, -0.1) is 0 Å². The number of aromatic nitrogens is 2. The van der Waals surface area contributed by atoms with Gasteiger partial charge in [-0.05, 0) is 18.2 Å². The number of halogens is 2. The smallest absolute Gasteiger partial charge is 0.275 e. The molecule has 104 valence electrons. The number of hydrogen-bond acceptors (Lipinski definition) is 3. The van der Waals surface area contributed by atoms with Gasteiger partial charge in [0, 0.05) is 16.6 Å². The second-order valence-corrected chi connectivity index (χ2v) is 5.39. The molecule has 0 atom stereocenters. The van der Waals surface area contributed by atoms with Gasteiger partial charge in [0.2, 0.25) is 0 Å². The van der Waals surface area contributed by atoms with E-state index in [1.807, 2.05) is 13.8 Å². The third kappa shape index (κ3) is 3.46. The van der Waals surface area contributed by atoms with Gasteiger partial charge in [0.1, 0.15) is 5.82 Å². The molecule has 0 fully saturated rings. The summed E-state index contributed by atoms with van der Waals surface area (Å²) in [5.41, 5.74) is 0.744. The number of carbonyl (C=O) groups excluding carboxylic acids is 1. The summed E-state index contributed by atoms with van der Waals surface area (Å²) >= 11 is 11.9. The van der Waals surface area contributed by atoms with Crippen LogP contribution < -0.4 is 5.32 Å². The molecule has 2 rings (SSSR count). The molecule has 1 N–H and O–H groups in total. The lowest BCUT2D eigenvalue weighted by Crippen LogP contribution is -2.16. The maximum atomic E-state index is 12.2. The van der Waals surface area contributed by atoms with Gasteiger partial charge < -0.3 is 5.32 Å². The van der Waals surface area contributed by atoms with Crippen molar-refractivity contribution in [3.63, 3.8) is 0 Å². The average molecular weight is 310 g/mol. The Labute approximate surface area is 127 Å². The molecule has 0 radical (unpaired) electrons. The Morgan fingerprint density at radius 1 is 1.30 bits per heavy atom. The van der Waals surface area contributed by atoms with E-state index >= 15 is 0 Å². The topological polar surface area (TPSA) is 54.9 Å². The number of amides is 1. The highest BCUT2D eigenvalue weighted by atomic mass is 35.5. The fourth-order valence-corrected chi connectivity index (χ4v) is 1.94. The zero-order chi connectivity index (χ0) is 14.7. The van der Waals surface area contributed by atoms with Gasteiger partial charge in [-0.3, -0.25) is 4.79 Å². The highest BCUT2D eigenvalue weighted by Gasteiger charge is 2.15. The molecule has 0 saturated heterocycles. The summed E-state index contributed by atoms with van der Waals surface area (Å²) in [6.45, 7) is 3.89. The summed E-state index contributed by atoms with van der Waals surface area (Å²) in [4.78, 5) is 20.5. The molecule has 0 aliphatic carbocycles. The van der Waals surface area contributed by atoms with Crippen LogP contribution in [0.4, 0.5) is 5.69 Å². The molecule has 0 saturated carbocycles. The number of nitrogens with one attached hydrogen (secondary N) is 1. The summed E-state index contributed by atoms with van der Waals surface area (Å²) in [6.07, 6.45) is 1.44. The van der Waals surface area contributed by atoms with Gasteiger partial charge in [-0.25, -0.2) is 9.97 Å². The lowest BCUT2D eigenvalue weighted by molar-refractivity contribution is 0.102. The van der Waals surface area contributed by atoms with Crippen LogP contribution in [0.5, 0.6) is 0 Å². The molecule has 6 heteroatoms. The van der Waals surface area contributed by atoms with Crippen molar-refractivity contribution >= 4 is 34.8 Å². The predicted molar refractivity (Wildman–Crippen MR) is 80.5 cm³/mol. The van der Waals surface area contributed by atoms with Gasteiger partial charge in [0.15, 0.2) is 5.69 Å². The van der Waals surface area contributed by atoms with Crippen molar-refractivity contribution in [1.29, 1.82) is 0 Å². The van der Waals surface area contributed by atoms with E-state index in [1.165, 1.54) is 6.20 Å². The summed E-state index contributed by atoms with van der Waals surface area (Å²) in [5.74, 6) is 0.303. The number of benzene rings is 1. The molecule has 0 aliphatic rings. The minimum absolute atomic E-state index is 0.116.